The van der Waals surface area contributed by atoms with Crippen LogP contribution in [0.3, 0.4) is 0 Å². The minimum atomic E-state index is -0.259. The van der Waals surface area contributed by atoms with E-state index in [9.17, 15) is 4.79 Å². The molecule has 0 aromatic heterocycles. The van der Waals surface area contributed by atoms with Crippen molar-refractivity contribution in [2.75, 3.05) is 13.1 Å². The van der Waals surface area contributed by atoms with Gasteiger partial charge in [0.05, 0.1) is 23.7 Å². The number of benzene rings is 1. The van der Waals surface area contributed by atoms with E-state index >= 15 is 0 Å². The fourth-order valence-electron chi connectivity index (χ4n) is 3.40. The highest BCUT2D eigenvalue weighted by Gasteiger charge is 2.36. The summed E-state index contributed by atoms with van der Waals surface area (Å²) in [4.78, 5) is 14.3. The van der Waals surface area contributed by atoms with Gasteiger partial charge in [-0.25, -0.2) is 0 Å². The Morgan fingerprint density at radius 2 is 2.12 bits per heavy atom. The van der Waals surface area contributed by atoms with Gasteiger partial charge in [0.1, 0.15) is 6.04 Å². The maximum atomic E-state index is 12.6. The third kappa shape index (κ3) is 3.56. The van der Waals surface area contributed by atoms with E-state index in [2.05, 4.69) is 22.8 Å². The van der Waals surface area contributed by atoms with Crippen LogP contribution in [0.15, 0.2) is 24.3 Å². The predicted molar refractivity (Wildman–Crippen MR) is 88.5 cm³/mol. The first-order chi connectivity index (χ1) is 11.7. The Bertz CT molecular complexity index is 672. The molecule has 2 N–H and O–H groups in total. The summed E-state index contributed by atoms with van der Waals surface area (Å²) in [6, 6.07) is 11.6. The van der Waals surface area contributed by atoms with E-state index in [0.29, 0.717) is 18.7 Å². The Morgan fingerprint density at radius 1 is 1.33 bits per heavy atom. The molecule has 3 rings (SSSR count). The molecule has 0 aliphatic carbocycles. The Kier molecular flexibility index (Phi) is 5.10. The first-order valence-corrected chi connectivity index (χ1v) is 8.37. The topological polar surface area (TPSA) is 91.9 Å². The molecule has 24 heavy (non-hydrogen) atoms. The van der Waals surface area contributed by atoms with E-state index in [1.54, 1.807) is 4.90 Å². The number of nitrogens with zero attached hydrogens (tertiary/aromatic N) is 3. The molecule has 1 aromatic carbocycles. The maximum absolute atomic E-state index is 12.6. The number of hydrogen-bond acceptors (Lipinski definition) is 5. The minimum Gasteiger partial charge on any atom is -0.325 e. The molecular formula is C18H21N5O. The Hall–Kier alpha value is -2.41. The van der Waals surface area contributed by atoms with Crippen molar-refractivity contribution < 1.29 is 4.79 Å². The fourth-order valence-corrected chi connectivity index (χ4v) is 3.40. The van der Waals surface area contributed by atoms with Gasteiger partial charge in [0.15, 0.2) is 0 Å². The van der Waals surface area contributed by atoms with Crippen LogP contribution >= 0.6 is 0 Å². The molecule has 2 aliphatic heterocycles. The molecule has 124 valence electrons. The van der Waals surface area contributed by atoms with Gasteiger partial charge in [0.2, 0.25) is 5.91 Å². The molecular weight excluding hydrogens is 302 g/mol. The standard InChI is InChI=1S/C18H21N5O/c19-9-13-3-5-14(6-4-13)11-21-15-8-17(22-12-15)18(24)23-7-1-2-16(23)10-20/h3-6,15-17,21-22H,1-2,7-8,11-12H2/t15-,16-,17-/m0/s1. The molecule has 0 bridgehead atoms. The largest absolute Gasteiger partial charge is 0.325 e. The van der Waals surface area contributed by atoms with Crippen LogP contribution in [0.25, 0.3) is 0 Å². The molecule has 2 heterocycles. The van der Waals surface area contributed by atoms with Crippen LogP contribution in [0, 0.1) is 22.7 Å². The van der Waals surface area contributed by atoms with E-state index in [-0.39, 0.29) is 24.0 Å². The average molecular weight is 323 g/mol. The summed E-state index contributed by atoms with van der Waals surface area (Å²) in [6.45, 7) is 2.15. The number of nitriles is 2. The normalized spacial score (nSPS) is 26.1. The number of rotatable bonds is 4. The van der Waals surface area contributed by atoms with Crippen LogP contribution in [-0.2, 0) is 11.3 Å². The first kappa shape index (κ1) is 16.4. The lowest BCUT2D eigenvalue weighted by Crippen LogP contribution is -2.45. The lowest BCUT2D eigenvalue weighted by atomic mass is 10.1. The van der Waals surface area contributed by atoms with E-state index in [1.165, 1.54) is 0 Å². The van der Waals surface area contributed by atoms with Gasteiger partial charge in [-0.2, -0.15) is 10.5 Å². The van der Waals surface area contributed by atoms with Crippen LogP contribution < -0.4 is 10.6 Å². The van der Waals surface area contributed by atoms with E-state index in [0.717, 1.165) is 31.4 Å². The van der Waals surface area contributed by atoms with Crippen molar-refractivity contribution in [2.45, 2.75) is 43.9 Å². The summed E-state index contributed by atoms with van der Waals surface area (Å²) in [5.41, 5.74) is 1.78. The van der Waals surface area contributed by atoms with Gasteiger partial charge in [-0.1, -0.05) is 12.1 Å². The summed E-state index contributed by atoms with van der Waals surface area (Å²) in [6.07, 6.45) is 2.44. The molecule has 1 amide bonds. The van der Waals surface area contributed by atoms with Gasteiger partial charge < -0.3 is 15.5 Å². The van der Waals surface area contributed by atoms with Gasteiger partial charge in [-0.15, -0.1) is 0 Å². The second-order valence-corrected chi connectivity index (χ2v) is 6.40. The number of nitrogens with one attached hydrogen (secondary N) is 2. The second kappa shape index (κ2) is 7.44. The quantitative estimate of drug-likeness (QED) is 0.859. The zero-order valence-electron chi connectivity index (χ0n) is 13.5. The average Bonchev–Trinajstić information content (AvgIpc) is 3.29. The molecule has 2 aliphatic rings. The summed E-state index contributed by atoms with van der Waals surface area (Å²) in [5, 5.41) is 24.7. The minimum absolute atomic E-state index is 0.0572. The lowest BCUT2D eigenvalue weighted by Gasteiger charge is -2.23. The summed E-state index contributed by atoms with van der Waals surface area (Å²) >= 11 is 0. The van der Waals surface area contributed by atoms with Crippen molar-refractivity contribution in [2.24, 2.45) is 0 Å². The number of carbonyl (C=O) groups is 1. The highest BCUT2D eigenvalue weighted by atomic mass is 16.2. The van der Waals surface area contributed by atoms with Crippen molar-refractivity contribution >= 4 is 5.91 Å². The molecule has 0 radical (unpaired) electrons. The molecule has 1 aromatic rings. The van der Waals surface area contributed by atoms with Crippen molar-refractivity contribution in [3.8, 4) is 12.1 Å². The van der Waals surface area contributed by atoms with E-state index in [1.807, 2.05) is 24.3 Å². The molecule has 3 atom stereocenters. The summed E-state index contributed by atoms with van der Waals surface area (Å²) in [5.74, 6) is 0.0572. The predicted octanol–water partition coefficient (Wildman–Crippen LogP) is 0.893. The molecule has 2 fully saturated rings. The molecule has 2 saturated heterocycles. The zero-order valence-corrected chi connectivity index (χ0v) is 13.5. The Labute approximate surface area is 142 Å². The number of carbonyl (C=O) groups excluding carboxylic acids is 1. The van der Waals surface area contributed by atoms with Gasteiger partial charge in [-0.3, -0.25) is 4.79 Å². The van der Waals surface area contributed by atoms with Crippen molar-refractivity contribution in [3.05, 3.63) is 35.4 Å². The number of likely N-dealkylation sites (tertiary alicyclic amines) is 1. The first-order valence-electron chi connectivity index (χ1n) is 8.37. The fraction of sp³-hybridized carbons (Fsp3) is 0.500. The molecule has 0 unspecified atom stereocenters. The monoisotopic (exact) mass is 323 g/mol. The van der Waals surface area contributed by atoms with Gasteiger partial charge in [-0.05, 0) is 37.0 Å². The summed E-state index contributed by atoms with van der Waals surface area (Å²) in [7, 11) is 0. The van der Waals surface area contributed by atoms with Gasteiger partial charge in [0, 0.05) is 25.7 Å². The molecule has 6 nitrogen and oxygen atoms in total. The smallest absolute Gasteiger partial charge is 0.240 e. The SMILES string of the molecule is N#Cc1ccc(CN[C@@H]2CN[C@H](C(=O)N3CCC[C@H]3C#N)C2)cc1. The molecule has 0 saturated carbocycles. The van der Waals surface area contributed by atoms with Crippen LogP contribution in [0.4, 0.5) is 0 Å². The van der Waals surface area contributed by atoms with Crippen LogP contribution in [0.1, 0.15) is 30.4 Å². The third-order valence-electron chi connectivity index (χ3n) is 4.79. The lowest BCUT2D eigenvalue weighted by molar-refractivity contribution is -0.133. The van der Waals surface area contributed by atoms with Crippen molar-refractivity contribution in [3.63, 3.8) is 0 Å². The van der Waals surface area contributed by atoms with Gasteiger partial charge in [0.25, 0.3) is 0 Å². The Balaban J connectivity index is 1.49. The van der Waals surface area contributed by atoms with Crippen molar-refractivity contribution in [1.82, 2.24) is 15.5 Å². The van der Waals surface area contributed by atoms with Crippen molar-refractivity contribution in [1.29, 1.82) is 10.5 Å². The van der Waals surface area contributed by atoms with E-state index in [4.69, 9.17) is 10.5 Å². The van der Waals surface area contributed by atoms with E-state index < -0.39 is 0 Å². The Morgan fingerprint density at radius 3 is 2.83 bits per heavy atom. The summed E-state index contributed by atoms with van der Waals surface area (Å²) < 4.78 is 0. The zero-order chi connectivity index (χ0) is 16.9. The molecule has 6 heteroatoms. The molecule has 0 spiro atoms. The third-order valence-corrected chi connectivity index (χ3v) is 4.79. The number of amides is 1. The van der Waals surface area contributed by atoms with Crippen LogP contribution in [-0.4, -0.2) is 42.0 Å². The van der Waals surface area contributed by atoms with Gasteiger partial charge >= 0.3 is 0 Å². The van der Waals surface area contributed by atoms with Crippen LogP contribution in [0.5, 0.6) is 0 Å². The highest BCUT2D eigenvalue weighted by molar-refractivity contribution is 5.83. The second-order valence-electron chi connectivity index (χ2n) is 6.40. The maximum Gasteiger partial charge on any atom is 0.240 e. The van der Waals surface area contributed by atoms with Crippen LogP contribution in [0.2, 0.25) is 0 Å². The number of hydrogen-bond donors (Lipinski definition) is 2. The highest BCUT2D eigenvalue weighted by Crippen LogP contribution is 2.20.